The number of benzene rings is 2. The van der Waals surface area contributed by atoms with E-state index in [1.165, 1.54) is 11.3 Å². The number of anilines is 1. The second-order valence-electron chi connectivity index (χ2n) is 8.74. The van der Waals surface area contributed by atoms with Crippen molar-refractivity contribution in [3.63, 3.8) is 0 Å². The third kappa shape index (κ3) is 3.82. The largest absolute Gasteiger partial charge is 0.369 e. The third-order valence-corrected chi connectivity index (χ3v) is 6.46. The summed E-state index contributed by atoms with van der Waals surface area (Å²) in [5, 5.41) is 0. The Bertz CT molecular complexity index is 1210. The van der Waals surface area contributed by atoms with Crippen LogP contribution in [0.3, 0.4) is 0 Å². The van der Waals surface area contributed by atoms with Crippen molar-refractivity contribution in [2.75, 3.05) is 45.2 Å². The maximum absolute atomic E-state index is 5.03. The minimum Gasteiger partial charge on any atom is -0.369 e. The van der Waals surface area contributed by atoms with Gasteiger partial charge in [-0.15, -0.1) is 0 Å². The van der Waals surface area contributed by atoms with Gasteiger partial charge >= 0.3 is 0 Å². The number of aliphatic imine (C=N–C) groups is 1. The molecular formula is C26H30N6. The maximum atomic E-state index is 5.03. The average Bonchev–Trinajstić information content (AvgIpc) is 3.16. The SMILES string of the molecule is C=C1C(C)=NC(c2nc3ccc(N4CCN(C)CC4)cc3n2Cc2ccccc2)=CN1C. The standard InChI is InChI=1S/C26H30N6/c1-19-20(2)30(4)18-24(27-19)26-28-23-11-10-22(31-14-12-29(3)13-15-31)16-25(23)32(26)17-21-8-6-5-7-9-21/h5-11,16,18H,2,12-15,17H2,1,3-4H3. The van der Waals surface area contributed by atoms with Gasteiger partial charge in [-0.1, -0.05) is 36.9 Å². The van der Waals surface area contributed by atoms with Crippen LogP contribution >= 0.6 is 0 Å². The van der Waals surface area contributed by atoms with Crippen LogP contribution in [0.4, 0.5) is 5.69 Å². The Morgan fingerprint density at radius 2 is 1.72 bits per heavy atom. The first-order valence-corrected chi connectivity index (χ1v) is 11.2. The lowest BCUT2D eigenvalue weighted by atomic mass is 10.2. The summed E-state index contributed by atoms with van der Waals surface area (Å²) in [6.07, 6.45) is 2.03. The summed E-state index contributed by atoms with van der Waals surface area (Å²) >= 11 is 0. The third-order valence-electron chi connectivity index (χ3n) is 6.46. The fourth-order valence-corrected chi connectivity index (χ4v) is 4.39. The van der Waals surface area contributed by atoms with Crippen LogP contribution in [0.15, 0.2) is 72.0 Å². The first kappa shape index (κ1) is 20.5. The van der Waals surface area contributed by atoms with Crippen molar-refractivity contribution in [2.24, 2.45) is 4.99 Å². The molecule has 2 aromatic carbocycles. The highest BCUT2D eigenvalue weighted by Gasteiger charge is 2.21. The number of nitrogens with zero attached hydrogens (tertiary/aromatic N) is 6. The smallest absolute Gasteiger partial charge is 0.161 e. The minimum absolute atomic E-state index is 0.745. The summed E-state index contributed by atoms with van der Waals surface area (Å²) in [5.41, 5.74) is 7.33. The highest BCUT2D eigenvalue weighted by atomic mass is 15.2. The van der Waals surface area contributed by atoms with Crippen molar-refractivity contribution in [2.45, 2.75) is 13.5 Å². The molecule has 0 radical (unpaired) electrons. The molecule has 3 heterocycles. The molecule has 164 valence electrons. The zero-order valence-electron chi connectivity index (χ0n) is 19.1. The number of allylic oxidation sites excluding steroid dienone is 1. The van der Waals surface area contributed by atoms with Crippen LogP contribution in [0.5, 0.6) is 0 Å². The molecule has 0 amide bonds. The van der Waals surface area contributed by atoms with E-state index in [2.05, 4.69) is 76.5 Å². The van der Waals surface area contributed by atoms with Gasteiger partial charge in [0.15, 0.2) is 5.82 Å². The summed E-state index contributed by atoms with van der Waals surface area (Å²) in [6.45, 7) is 11.1. The van der Waals surface area contributed by atoms with Gasteiger partial charge in [0, 0.05) is 51.7 Å². The van der Waals surface area contributed by atoms with Crippen molar-refractivity contribution in [1.82, 2.24) is 19.4 Å². The number of aromatic nitrogens is 2. The molecule has 5 rings (SSSR count). The molecule has 6 nitrogen and oxygen atoms in total. The van der Waals surface area contributed by atoms with E-state index in [0.29, 0.717) is 0 Å². The highest BCUT2D eigenvalue weighted by Crippen LogP contribution is 2.30. The number of likely N-dealkylation sites (N-methyl/N-ethyl adjacent to an activating group) is 1. The predicted molar refractivity (Wildman–Crippen MR) is 133 cm³/mol. The van der Waals surface area contributed by atoms with Crippen molar-refractivity contribution in [3.8, 4) is 0 Å². The molecule has 0 N–H and O–H groups in total. The quantitative estimate of drug-likeness (QED) is 0.631. The van der Waals surface area contributed by atoms with E-state index in [4.69, 9.17) is 9.98 Å². The van der Waals surface area contributed by atoms with Gasteiger partial charge in [0.1, 0.15) is 5.70 Å². The second-order valence-corrected chi connectivity index (χ2v) is 8.74. The lowest BCUT2D eigenvalue weighted by Crippen LogP contribution is -2.44. The summed E-state index contributed by atoms with van der Waals surface area (Å²) in [7, 11) is 4.20. The van der Waals surface area contributed by atoms with Gasteiger partial charge < -0.3 is 19.3 Å². The van der Waals surface area contributed by atoms with E-state index >= 15 is 0 Å². The molecule has 0 spiro atoms. The van der Waals surface area contributed by atoms with Gasteiger partial charge in [-0.3, -0.25) is 0 Å². The summed E-state index contributed by atoms with van der Waals surface area (Å²) < 4.78 is 2.30. The Kier molecular flexibility index (Phi) is 5.31. The first-order valence-electron chi connectivity index (χ1n) is 11.2. The number of fused-ring (bicyclic) bond motifs is 1. The summed E-state index contributed by atoms with van der Waals surface area (Å²) in [4.78, 5) is 16.7. The molecule has 0 aliphatic carbocycles. The predicted octanol–water partition coefficient (Wildman–Crippen LogP) is 4.05. The number of hydrogen-bond donors (Lipinski definition) is 0. The van der Waals surface area contributed by atoms with Crippen LogP contribution in [0.1, 0.15) is 18.3 Å². The van der Waals surface area contributed by atoms with E-state index in [9.17, 15) is 0 Å². The van der Waals surface area contributed by atoms with Crippen molar-refractivity contribution in [3.05, 3.63) is 78.4 Å². The molecule has 0 saturated carbocycles. The van der Waals surface area contributed by atoms with Gasteiger partial charge in [0.25, 0.3) is 0 Å². The molecule has 6 heteroatoms. The molecule has 1 fully saturated rings. The topological polar surface area (TPSA) is 39.9 Å². The molecule has 3 aromatic rings. The van der Waals surface area contributed by atoms with Crippen LogP contribution in [-0.2, 0) is 6.54 Å². The highest BCUT2D eigenvalue weighted by molar-refractivity contribution is 6.02. The van der Waals surface area contributed by atoms with Crippen molar-refractivity contribution in [1.29, 1.82) is 0 Å². The van der Waals surface area contributed by atoms with Gasteiger partial charge in [0.2, 0.25) is 0 Å². The Balaban J connectivity index is 1.62. The van der Waals surface area contributed by atoms with Crippen molar-refractivity contribution < 1.29 is 0 Å². The van der Waals surface area contributed by atoms with Gasteiger partial charge in [-0.25, -0.2) is 9.98 Å². The molecule has 0 bridgehead atoms. The number of rotatable bonds is 4. The van der Waals surface area contributed by atoms with E-state index < -0.39 is 0 Å². The fourth-order valence-electron chi connectivity index (χ4n) is 4.39. The molecule has 2 aliphatic heterocycles. The normalized spacial score (nSPS) is 17.7. The van der Waals surface area contributed by atoms with Gasteiger partial charge in [0.05, 0.1) is 22.4 Å². The Morgan fingerprint density at radius 3 is 2.44 bits per heavy atom. The maximum Gasteiger partial charge on any atom is 0.161 e. The molecular weight excluding hydrogens is 396 g/mol. The zero-order chi connectivity index (χ0) is 22.2. The summed E-state index contributed by atoms with van der Waals surface area (Å²) in [5.74, 6) is 0.887. The molecule has 1 saturated heterocycles. The molecule has 32 heavy (non-hydrogen) atoms. The fraction of sp³-hybridized carbons (Fsp3) is 0.308. The monoisotopic (exact) mass is 426 g/mol. The van der Waals surface area contributed by atoms with Crippen LogP contribution in [0.2, 0.25) is 0 Å². The number of imidazole rings is 1. The van der Waals surface area contributed by atoms with E-state index in [1.54, 1.807) is 0 Å². The van der Waals surface area contributed by atoms with Crippen LogP contribution in [0.25, 0.3) is 16.7 Å². The molecule has 1 aromatic heterocycles. The Hall–Kier alpha value is -3.38. The van der Waals surface area contributed by atoms with Crippen LogP contribution in [0, 0.1) is 0 Å². The number of piperazine rings is 1. The Labute approximate surface area is 189 Å². The molecule has 0 atom stereocenters. The van der Waals surface area contributed by atoms with E-state index in [1.807, 2.05) is 25.1 Å². The lowest BCUT2D eigenvalue weighted by molar-refractivity contribution is 0.313. The van der Waals surface area contributed by atoms with E-state index in [0.717, 1.165) is 66.7 Å². The second kappa shape index (κ2) is 8.28. The minimum atomic E-state index is 0.745. The van der Waals surface area contributed by atoms with Gasteiger partial charge in [-0.05, 0) is 37.7 Å². The molecule has 0 unspecified atom stereocenters. The number of hydrogen-bond acceptors (Lipinski definition) is 5. The molecule has 2 aliphatic rings. The zero-order valence-corrected chi connectivity index (χ0v) is 19.1. The average molecular weight is 427 g/mol. The van der Waals surface area contributed by atoms with Gasteiger partial charge in [-0.2, -0.15) is 0 Å². The van der Waals surface area contributed by atoms with Crippen molar-refractivity contribution >= 4 is 28.1 Å². The first-order chi connectivity index (χ1) is 15.5. The van der Waals surface area contributed by atoms with Crippen LogP contribution in [-0.4, -0.2) is 65.3 Å². The Morgan fingerprint density at radius 1 is 0.969 bits per heavy atom. The van der Waals surface area contributed by atoms with E-state index in [-0.39, 0.29) is 0 Å². The summed E-state index contributed by atoms with van der Waals surface area (Å²) in [6, 6.07) is 17.2. The lowest BCUT2D eigenvalue weighted by Gasteiger charge is -2.34. The van der Waals surface area contributed by atoms with Crippen LogP contribution < -0.4 is 4.90 Å².